The van der Waals surface area contributed by atoms with Gasteiger partial charge in [-0.15, -0.1) is 0 Å². The molecule has 0 aliphatic rings. The van der Waals surface area contributed by atoms with Gasteiger partial charge < -0.3 is 27.9 Å². The van der Waals surface area contributed by atoms with E-state index in [0.717, 1.165) is 103 Å². The molecule has 0 radical (unpaired) electrons. The number of ether oxygens (including phenoxy) is 2. The fourth-order valence-corrected chi connectivity index (χ4v) is 8.07. The number of nitrogens with zero attached hydrogens (tertiary/aromatic N) is 1. The largest absolute Gasteiger partial charge is 0.756 e. The molecule has 416 valence electrons. The van der Waals surface area contributed by atoms with Gasteiger partial charge in [-0.25, -0.2) is 0 Å². The normalized spacial score (nSPS) is 14.4. The van der Waals surface area contributed by atoms with E-state index in [1.165, 1.54) is 77.0 Å². The first kappa shape index (κ1) is 69.6. The zero-order valence-corrected chi connectivity index (χ0v) is 48.2. The summed E-state index contributed by atoms with van der Waals surface area (Å²) in [5, 5.41) is 0. The monoisotopic (exact) mass is 1030 g/mol. The topological polar surface area (TPSA) is 94.1 Å². The lowest BCUT2D eigenvalue weighted by Crippen LogP contribution is -2.37. The van der Waals surface area contributed by atoms with Crippen molar-refractivity contribution in [1.82, 2.24) is 0 Å². The summed E-state index contributed by atoms with van der Waals surface area (Å²) in [5.74, 6) is -0.370. The highest BCUT2D eigenvalue weighted by Crippen LogP contribution is 2.38. The predicted molar refractivity (Wildman–Crippen MR) is 314 cm³/mol. The molecule has 0 aromatic carbocycles. The summed E-state index contributed by atoms with van der Waals surface area (Å²) in [6, 6.07) is 0. The van der Waals surface area contributed by atoms with Gasteiger partial charge in [0.05, 0.1) is 34.4 Å². The summed E-state index contributed by atoms with van der Waals surface area (Å²) in [5.41, 5.74) is 0. The third-order valence-corrected chi connectivity index (χ3v) is 12.7. The highest BCUT2D eigenvalue weighted by Gasteiger charge is 2.20. The van der Waals surface area contributed by atoms with E-state index in [2.05, 4.69) is 148 Å². The molecule has 0 rings (SSSR count). The molecule has 2 unspecified atom stereocenters. The van der Waals surface area contributed by atoms with Crippen LogP contribution in [-0.2, 0) is 27.9 Å². The molecule has 0 amide bonds. The maximum Gasteiger partial charge on any atom is 0.306 e. The lowest BCUT2D eigenvalue weighted by Gasteiger charge is -2.28. The molecule has 0 aromatic rings. The molecule has 0 aliphatic heterocycles. The van der Waals surface area contributed by atoms with Crippen LogP contribution in [0.3, 0.4) is 0 Å². The maximum absolute atomic E-state index is 12.8. The molecule has 8 nitrogen and oxygen atoms in total. The zero-order chi connectivity index (χ0) is 53.3. The van der Waals surface area contributed by atoms with E-state index < -0.39 is 13.9 Å². The van der Waals surface area contributed by atoms with Crippen molar-refractivity contribution in [3.8, 4) is 0 Å². The first-order valence-electron chi connectivity index (χ1n) is 28.9. The molecule has 9 heteroatoms. The standard InChI is InChI=1S/C64H108NO7P/c1-6-8-10-12-14-16-18-20-22-24-26-28-30-32-34-36-38-40-42-44-46-48-50-52-54-56-59-69-61-63(62-71-73(67,68)70-60-58-65(3,4)5)72-64(66)57-55-53-51-49-47-45-43-41-39-37-35-33-31-29-27-25-23-21-19-17-15-13-11-9-7-2/h8-11,14-17,20-23,26-29,33,35,39,41,45,47,63H,6-7,12-13,18-19,24-25,30-32,34,36-38,40,42-44,46,48-62H2,1-5H3/b10-8-,11-9-,16-14-,17-15-,22-20-,23-21-,28-26-,29-27-,35-33-,41-39-,47-45-. The highest BCUT2D eigenvalue weighted by atomic mass is 31.2. The van der Waals surface area contributed by atoms with E-state index in [9.17, 15) is 14.3 Å². The van der Waals surface area contributed by atoms with Crippen molar-refractivity contribution in [2.24, 2.45) is 0 Å². The van der Waals surface area contributed by atoms with Crippen LogP contribution in [0.4, 0.5) is 0 Å². The molecule has 0 N–H and O–H groups in total. The summed E-state index contributed by atoms with van der Waals surface area (Å²) in [4.78, 5) is 25.3. The second-order valence-corrected chi connectivity index (χ2v) is 21.3. The Balaban J connectivity index is 4.18. The van der Waals surface area contributed by atoms with Crippen LogP contribution < -0.4 is 4.89 Å². The number of carbonyl (C=O) groups excluding carboxylic acids is 1. The minimum Gasteiger partial charge on any atom is -0.756 e. The number of quaternary nitrogens is 1. The number of hydrogen-bond donors (Lipinski definition) is 0. The van der Waals surface area contributed by atoms with Gasteiger partial charge in [-0.2, -0.15) is 0 Å². The predicted octanol–water partition coefficient (Wildman–Crippen LogP) is 18.0. The van der Waals surface area contributed by atoms with E-state index in [0.29, 0.717) is 24.1 Å². The molecule has 0 bridgehead atoms. The number of carbonyl (C=O) groups is 1. The van der Waals surface area contributed by atoms with Gasteiger partial charge in [0, 0.05) is 13.0 Å². The Morgan fingerprint density at radius 3 is 1.12 bits per heavy atom. The summed E-state index contributed by atoms with van der Waals surface area (Å²) in [6.07, 6.45) is 80.7. The van der Waals surface area contributed by atoms with Crippen LogP contribution in [0.5, 0.6) is 0 Å². The third kappa shape index (κ3) is 59.4. The highest BCUT2D eigenvalue weighted by molar-refractivity contribution is 7.45. The van der Waals surface area contributed by atoms with Crippen molar-refractivity contribution >= 4 is 13.8 Å². The Morgan fingerprint density at radius 1 is 0.425 bits per heavy atom. The number of hydrogen-bond acceptors (Lipinski definition) is 7. The van der Waals surface area contributed by atoms with Crippen molar-refractivity contribution in [2.45, 2.75) is 213 Å². The average molecular weight is 1030 g/mol. The number of rotatable bonds is 52. The fourth-order valence-electron chi connectivity index (χ4n) is 7.34. The van der Waals surface area contributed by atoms with Crippen LogP contribution in [0.1, 0.15) is 206 Å². The van der Waals surface area contributed by atoms with Crippen molar-refractivity contribution in [1.29, 1.82) is 0 Å². The molecular formula is C64H108NO7P. The molecule has 0 fully saturated rings. The molecule has 0 aliphatic carbocycles. The summed E-state index contributed by atoms with van der Waals surface area (Å²) in [7, 11) is 1.31. The number of likely N-dealkylation sites (N-methyl/N-ethyl adjacent to an activating group) is 1. The van der Waals surface area contributed by atoms with E-state index >= 15 is 0 Å². The zero-order valence-electron chi connectivity index (χ0n) is 47.3. The van der Waals surface area contributed by atoms with Gasteiger partial charge in [-0.1, -0.05) is 225 Å². The van der Waals surface area contributed by atoms with Gasteiger partial charge in [0.15, 0.2) is 0 Å². The van der Waals surface area contributed by atoms with Gasteiger partial charge in [-0.05, 0) is 109 Å². The fraction of sp³-hybridized carbons (Fsp3) is 0.641. The van der Waals surface area contributed by atoms with Crippen LogP contribution in [0.25, 0.3) is 0 Å². The number of esters is 1. The number of phosphoric acid groups is 1. The van der Waals surface area contributed by atoms with Gasteiger partial charge in [-0.3, -0.25) is 9.36 Å². The minimum absolute atomic E-state index is 0.0114. The summed E-state index contributed by atoms with van der Waals surface area (Å²) in [6.45, 7) is 5.12. The van der Waals surface area contributed by atoms with Gasteiger partial charge >= 0.3 is 5.97 Å². The Morgan fingerprint density at radius 2 is 0.753 bits per heavy atom. The van der Waals surface area contributed by atoms with Crippen LogP contribution in [0.15, 0.2) is 134 Å². The van der Waals surface area contributed by atoms with Gasteiger partial charge in [0.2, 0.25) is 0 Å². The Labute approximate surface area is 449 Å². The Bertz CT molecular complexity index is 1630. The van der Waals surface area contributed by atoms with E-state index in [1.54, 1.807) is 0 Å². The van der Waals surface area contributed by atoms with E-state index in [1.807, 2.05) is 21.1 Å². The van der Waals surface area contributed by atoms with Crippen molar-refractivity contribution < 1.29 is 37.3 Å². The molecule has 0 saturated carbocycles. The molecule has 0 aromatic heterocycles. The SMILES string of the molecule is CC/C=C\C/C=C\C/C=C\C/C=C\C/C=C\C/C=C\C/C=C\CCCCCC(=O)OC(COCCCCCCCCCCCCCCC/C=C\C/C=C\C/C=C\C/C=C\CC)COP(=O)([O-])OCC[N+](C)(C)C. The van der Waals surface area contributed by atoms with Crippen molar-refractivity contribution in [3.05, 3.63) is 134 Å². The second kappa shape index (κ2) is 54.9. The van der Waals surface area contributed by atoms with Crippen LogP contribution in [-0.4, -0.2) is 70.7 Å². The Kier molecular flexibility index (Phi) is 52.4. The van der Waals surface area contributed by atoms with Crippen molar-refractivity contribution in [3.63, 3.8) is 0 Å². The lowest BCUT2D eigenvalue weighted by atomic mass is 10.0. The number of phosphoric ester groups is 1. The maximum atomic E-state index is 12.8. The molecule has 0 spiro atoms. The van der Waals surface area contributed by atoms with Crippen LogP contribution >= 0.6 is 7.82 Å². The van der Waals surface area contributed by atoms with Crippen LogP contribution in [0, 0.1) is 0 Å². The molecular weight excluding hydrogens is 926 g/mol. The first-order chi connectivity index (χ1) is 35.6. The van der Waals surface area contributed by atoms with E-state index in [4.69, 9.17) is 18.5 Å². The molecule has 0 saturated heterocycles. The Hall–Kier alpha value is -3.36. The number of unbranched alkanes of at least 4 members (excludes halogenated alkanes) is 16. The molecule has 0 heterocycles. The lowest BCUT2D eigenvalue weighted by molar-refractivity contribution is -0.870. The first-order valence-corrected chi connectivity index (χ1v) is 30.4. The quantitative estimate of drug-likeness (QED) is 0.0197. The minimum atomic E-state index is -4.56. The van der Waals surface area contributed by atoms with E-state index in [-0.39, 0.29) is 32.2 Å². The molecule has 73 heavy (non-hydrogen) atoms. The summed E-state index contributed by atoms with van der Waals surface area (Å²) >= 11 is 0. The van der Waals surface area contributed by atoms with Gasteiger partial charge in [0.1, 0.15) is 19.3 Å². The smallest absolute Gasteiger partial charge is 0.306 e. The van der Waals surface area contributed by atoms with Gasteiger partial charge in [0.25, 0.3) is 7.82 Å². The summed E-state index contributed by atoms with van der Waals surface area (Å²) < 4.78 is 34.8. The molecule has 2 atom stereocenters. The van der Waals surface area contributed by atoms with Crippen molar-refractivity contribution in [2.75, 3.05) is 54.1 Å². The van der Waals surface area contributed by atoms with Crippen LogP contribution in [0.2, 0.25) is 0 Å². The third-order valence-electron chi connectivity index (χ3n) is 11.7. The number of allylic oxidation sites excluding steroid dienone is 22. The average Bonchev–Trinajstić information content (AvgIpc) is 3.35. The second-order valence-electron chi connectivity index (χ2n) is 19.9.